The summed E-state index contributed by atoms with van der Waals surface area (Å²) in [5, 5.41) is 3.32. The molecule has 0 saturated carbocycles. The highest BCUT2D eigenvalue weighted by atomic mass is 16.5. The highest BCUT2D eigenvalue weighted by Gasteiger charge is 2.16. The van der Waals surface area contributed by atoms with Crippen molar-refractivity contribution in [3.05, 3.63) is 30.5 Å². The molecule has 0 radical (unpaired) electrons. The molecule has 19 heavy (non-hydrogen) atoms. The zero-order chi connectivity index (χ0) is 13.1. The number of aryl methyl sites for hydroxylation is 1. The van der Waals surface area contributed by atoms with E-state index in [1.807, 2.05) is 19.1 Å². The zero-order valence-electron chi connectivity index (χ0n) is 10.9. The third-order valence-corrected chi connectivity index (χ3v) is 3.20. The lowest BCUT2D eigenvalue weighted by Crippen LogP contribution is -2.34. The van der Waals surface area contributed by atoms with Gasteiger partial charge in [0.25, 0.3) is 0 Å². The summed E-state index contributed by atoms with van der Waals surface area (Å²) in [6, 6.07) is 3.76. The van der Waals surface area contributed by atoms with Crippen molar-refractivity contribution in [2.45, 2.75) is 25.9 Å². The smallest absolute Gasteiger partial charge is 0.217 e. The number of furan rings is 1. The number of aromatic nitrogens is 2. The molecule has 0 bridgehead atoms. The summed E-state index contributed by atoms with van der Waals surface area (Å²) in [5.74, 6) is 1.36. The average Bonchev–Trinajstić information content (AvgIpc) is 2.93. The molecule has 5 heteroatoms. The summed E-state index contributed by atoms with van der Waals surface area (Å²) in [7, 11) is 0. The second-order valence-corrected chi connectivity index (χ2v) is 4.72. The first-order valence-electron chi connectivity index (χ1n) is 6.57. The van der Waals surface area contributed by atoms with Gasteiger partial charge in [0, 0.05) is 11.6 Å². The maximum absolute atomic E-state index is 5.95. The molecule has 2 aromatic rings. The molecule has 0 aliphatic carbocycles. The van der Waals surface area contributed by atoms with E-state index < -0.39 is 0 Å². The standard InChI is InChI=1S/C14H17N3O2/c1-10-16-13(11-4-7-18-9-11)8-14(17-10)19-12-2-5-15-6-3-12/h4,7-9,12,15H,2-3,5-6H2,1H3. The fourth-order valence-electron chi connectivity index (χ4n) is 2.24. The Hall–Kier alpha value is -1.88. The minimum absolute atomic E-state index is 0.243. The maximum atomic E-state index is 5.95. The Morgan fingerprint density at radius 1 is 1.32 bits per heavy atom. The molecule has 1 aliphatic rings. The van der Waals surface area contributed by atoms with Crippen LogP contribution in [0.3, 0.4) is 0 Å². The van der Waals surface area contributed by atoms with E-state index in [0.717, 1.165) is 37.2 Å². The highest BCUT2D eigenvalue weighted by Crippen LogP contribution is 2.22. The third kappa shape index (κ3) is 2.93. The SMILES string of the molecule is Cc1nc(OC2CCNCC2)cc(-c2ccoc2)n1. The third-order valence-electron chi connectivity index (χ3n) is 3.20. The van der Waals surface area contributed by atoms with E-state index in [2.05, 4.69) is 15.3 Å². The van der Waals surface area contributed by atoms with Crippen LogP contribution in [0.2, 0.25) is 0 Å². The first-order valence-corrected chi connectivity index (χ1v) is 6.57. The van der Waals surface area contributed by atoms with E-state index in [9.17, 15) is 0 Å². The zero-order valence-corrected chi connectivity index (χ0v) is 10.9. The predicted octanol–water partition coefficient (Wildman–Crippen LogP) is 2.18. The summed E-state index contributed by atoms with van der Waals surface area (Å²) >= 11 is 0. The Bertz CT molecular complexity index is 534. The van der Waals surface area contributed by atoms with Gasteiger partial charge in [-0.2, -0.15) is 4.98 Å². The minimum atomic E-state index is 0.243. The Balaban J connectivity index is 1.81. The molecule has 0 amide bonds. The Kier molecular flexibility index (Phi) is 3.46. The van der Waals surface area contributed by atoms with Gasteiger partial charge >= 0.3 is 0 Å². The summed E-state index contributed by atoms with van der Waals surface area (Å²) < 4.78 is 11.0. The van der Waals surface area contributed by atoms with E-state index in [4.69, 9.17) is 9.15 Å². The molecule has 2 aromatic heterocycles. The number of rotatable bonds is 3. The van der Waals surface area contributed by atoms with Crippen molar-refractivity contribution < 1.29 is 9.15 Å². The van der Waals surface area contributed by atoms with Gasteiger partial charge in [0.15, 0.2) is 0 Å². The number of nitrogens with one attached hydrogen (secondary N) is 1. The van der Waals surface area contributed by atoms with Crippen LogP contribution < -0.4 is 10.1 Å². The van der Waals surface area contributed by atoms with Gasteiger partial charge in [-0.25, -0.2) is 4.98 Å². The molecule has 0 atom stereocenters. The molecular weight excluding hydrogens is 242 g/mol. The lowest BCUT2D eigenvalue weighted by atomic mass is 10.1. The van der Waals surface area contributed by atoms with Gasteiger partial charge in [0.05, 0.1) is 18.2 Å². The lowest BCUT2D eigenvalue weighted by molar-refractivity contribution is 0.155. The highest BCUT2D eigenvalue weighted by molar-refractivity contribution is 5.58. The number of hydrogen-bond donors (Lipinski definition) is 1. The number of hydrogen-bond acceptors (Lipinski definition) is 5. The Morgan fingerprint density at radius 3 is 2.89 bits per heavy atom. The first-order chi connectivity index (χ1) is 9.31. The molecule has 5 nitrogen and oxygen atoms in total. The normalized spacial score (nSPS) is 16.5. The molecule has 3 rings (SSSR count). The first kappa shape index (κ1) is 12.2. The maximum Gasteiger partial charge on any atom is 0.217 e. The van der Waals surface area contributed by atoms with Crippen molar-refractivity contribution in [3.63, 3.8) is 0 Å². The van der Waals surface area contributed by atoms with Crippen LogP contribution in [0.5, 0.6) is 5.88 Å². The van der Waals surface area contributed by atoms with Crippen LogP contribution in [-0.2, 0) is 0 Å². The van der Waals surface area contributed by atoms with E-state index in [1.165, 1.54) is 0 Å². The lowest BCUT2D eigenvalue weighted by Gasteiger charge is -2.23. The van der Waals surface area contributed by atoms with Gasteiger partial charge in [0.1, 0.15) is 11.9 Å². The van der Waals surface area contributed by atoms with Crippen LogP contribution in [0.4, 0.5) is 0 Å². The van der Waals surface area contributed by atoms with Gasteiger partial charge in [-0.1, -0.05) is 0 Å². The van der Waals surface area contributed by atoms with Gasteiger partial charge < -0.3 is 14.5 Å². The predicted molar refractivity (Wildman–Crippen MR) is 71.0 cm³/mol. The summed E-state index contributed by atoms with van der Waals surface area (Å²) in [4.78, 5) is 8.76. The van der Waals surface area contributed by atoms with E-state index in [0.29, 0.717) is 11.7 Å². The Labute approximate surface area is 112 Å². The monoisotopic (exact) mass is 259 g/mol. The largest absolute Gasteiger partial charge is 0.474 e. The van der Waals surface area contributed by atoms with Gasteiger partial charge in [-0.3, -0.25) is 0 Å². The molecule has 0 unspecified atom stereocenters. The Morgan fingerprint density at radius 2 is 2.16 bits per heavy atom. The van der Waals surface area contributed by atoms with Crippen molar-refractivity contribution >= 4 is 0 Å². The van der Waals surface area contributed by atoms with Crippen molar-refractivity contribution in [1.82, 2.24) is 15.3 Å². The number of ether oxygens (including phenoxy) is 1. The van der Waals surface area contributed by atoms with Crippen molar-refractivity contribution in [3.8, 4) is 17.1 Å². The molecule has 1 aliphatic heterocycles. The molecular formula is C14H17N3O2. The molecule has 0 spiro atoms. The molecule has 1 saturated heterocycles. The van der Waals surface area contributed by atoms with Gasteiger partial charge in [0.2, 0.25) is 5.88 Å². The van der Waals surface area contributed by atoms with Crippen LogP contribution in [-0.4, -0.2) is 29.2 Å². The second-order valence-electron chi connectivity index (χ2n) is 4.72. The van der Waals surface area contributed by atoms with Crippen LogP contribution in [0.15, 0.2) is 29.1 Å². The second kappa shape index (κ2) is 5.40. The van der Waals surface area contributed by atoms with Crippen molar-refractivity contribution in [2.24, 2.45) is 0 Å². The summed E-state index contributed by atoms with van der Waals surface area (Å²) in [6.07, 6.45) is 5.59. The van der Waals surface area contributed by atoms with Crippen LogP contribution in [0.25, 0.3) is 11.3 Å². The average molecular weight is 259 g/mol. The quantitative estimate of drug-likeness (QED) is 0.915. The van der Waals surface area contributed by atoms with E-state index >= 15 is 0 Å². The topological polar surface area (TPSA) is 60.2 Å². The minimum Gasteiger partial charge on any atom is -0.474 e. The van der Waals surface area contributed by atoms with Crippen LogP contribution >= 0.6 is 0 Å². The number of nitrogens with zero attached hydrogens (tertiary/aromatic N) is 2. The number of piperidine rings is 1. The van der Waals surface area contributed by atoms with Gasteiger partial charge in [-0.15, -0.1) is 0 Å². The van der Waals surface area contributed by atoms with Gasteiger partial charge in [-0.05, 0) is 38.9 Å². The fourth-order valence-corrected chi connectivity index (χ4v) is 2.24. The van der Waals surface area contributed by atoms with Crippen molar-refractivity contribution in [2.75, 3.05) is 13.1 Å². The fraction of sp³-hybridized carbons (Fsp3) is 0.429. The van der Waals surface area contributed by atoms with E-state index in [1.54, 1.807) is 12.5 Å². The molecule has 0 aromatic carbocycles. The van der Waals surface area contributed by atoms with E-state index in [-0.39, 0.29) is 6.10 Å². The summed E-state index contributed by atoms with van der Waals surface area (Å²) in [6.45, 7) is 3.88. The molecule has 1 N–H and O–H groups in total. The molecule has 1 fully saturated rings. The van der Waals surface area contributed by atoms with Crippen LogP contribution in [0, 0.1) is 6.92 Å². The van der Waals surface area contributed by atoms with Crippen molar-refractivity contribution in [1.29, 1.82) is 0 Å². The molecule has 100 valence electrons. The summed E-state index contributed by atoms with van der Waals surface area (Å²) in [5.41, 5.74) is 1.78. The van der Waals surface area contributed by atoms with Crippen LogP contribution in [0.1, 0.15) is 18.7 Å². The molecule has 3 heterocycles.